The molecule has 1 aromatic carbocycles. The lowest BCUT2D eigenvalue weighted by molar-refractivity contribution is 0.629. The fraction of sp³-hybridized carbons (Fsp3) is 0.231. The van der Waals surface area contributed by atoms with Gasteiger partial charge in [-0.3, -0.25) is 4.99 Å². The van der Waals surface area contributed by atoms with E-state index in [0.29, 0.717) is 13.0 Å². The molecule has 0 fully saturated rings. The fourth-order valence-electron chi connectivity index (χ4n) is 2.10. The van der Waals surface area contributed by atoms with Gasteiger partial charge in [0.2, 0.25) is 5.96 Å². The Kier molecular flexibility index (Phi) is 3.88. The molecule has 2 rings (SSSR count). The molecule has 0 atom stereocenters. The third kappa shape index (κ3) is 3.05. The lowest BCUT2D eigenvalue weighted by Gasteiger charge is -1.98. The summed E-state index contributed by atoms with van der Waals surface area (Å²) >= 11 is 0. The van der Waals surface area contributed by atoms with E-state index in [9.17, 15) is 4.39 Å². The molecule has 0 saturated heterocycles. The highest BCUT2D eigenvalue weighted by Gasteiger charge is 2.07. The summed E-state index contributed by atoms with van der Waals surface area (Å²) in [6.07, 6.45) is 2.58. The molecule has 1 aromatic heterocycles. The second-order valence-corrected chi connectivity index (χ2v) is 4.45. The summed E-state index contributed by atoms with van der Waals surface area (Å²) in [4.78, 5) is 7.67. The highest BCUT2D eigenvalue weighted by atomic mass is 19.1. The highest BCUT2D eigenvalue weighted by Crippen LogP contribution is 2.22. The van der Waals surface area contributed by atoms with E-state index >= 15 is 0 Å². The first-order valence-corrected chi connectivity index (χ1v) is 6.10. The predicted octanol–water partition coefficient (Wildman–Crippen LogP) is 0.448. The summed E-state index contributed by atoms with van der Waals surface area (Å²) in [6.45, 7) is 0.429. The van der Waals surface area contributed by atoms with Crippen molar-refractivity contribution in [2.75, 3.05) is 6.54 Å². The molecule has 1 heterocycles. The van der Waals surface area contributed by atoms with Gasteiger partial charge in [-0.05, 0) is 30.2 Å². The van der Waals surface area contributed by atoms with Gasteiger partial charge in [0.15, 0.2) is 5.96 Å². The van der Waals surface area contributed by atoms with E-state index in [-0.39, 0.29) is 17.7 Å². The van der Waals surface area contributed by atoms with Gasteiger partial charge in [0.25, 0.3) is 0 Å². The third-order valence-corrected chi connectivity index (χ3v) is 2.93. The number of aryl methyl sites for hydroxylation is 1. The molecule has 0 saturated carbocycles. The lowest BCUT2D eigenvalue weighted by atomic mass is 10.1. The van der Waals surface area contributed by atoms with Crippen molar-refractivity contribution in [2.45, 2.75) is 6.42 Å². The van der Waals surface area contributed by atoms with Crippen LogP contribution in [0.25, 0.3) is 10.9 Å². The summed E-state index contributed by atoms with van der Waals surface area (Å²) in [5.74, 6) is -0.344. The molecule has 0 aliphatic rings. The first-order valence-electron chi connectivity index (χ1n) is 6.10. The topological polar surface area (TPSA) is 108 Å². The van der Waals surface area contributed by atoms with Crippen LogP contribution in [0.2, 0.25) is 0 Å². The number of nitrogens with two attached hydrogens (primary N) is 3. The van der Waals surface area contributed by atoms with Crippen LogP contribution in [0.4, 0.5) is 4.39 Å². The highest BCUT2D eigenvalue weighted by molar-refractivity contribution is 5.92. The van der Waals surface area contributed by atoms with E-state index in [0.717, 1.165) is 16.5 Å². The first kappa shape index (κ1) is 13.9. The summed E-state index contributed by atoms with van der Waals surface area (Å²) in [5.41, 5.74) is 17.9. The maximum atomic E-state index is 13.3. The van der Waals surface area contributed by atoms with Crippen molar-refractivity contribution in [1.82, 2.24) is 4.57 Å². The van der Waals surface area contributed by atoms with E-state index in [4.69, 9.17) is 17.2 Å². The molecule has 0 radical (unpaired) electrons. The van der Waals surface area contributed by atoms with Crippen molar-refractivity contribution < 1.29 is 4.39 Å². The van der Waals surface area contributed by atoms with Crippen molar-refractivity contribution in [3.8, 4) is 0 Å². The molecule has 6 nitrogen and oxygen atoms in total. The zero-order chi connectivity index (χ0) is 14.7. The molecule has 0 aliphatic heterocycles. The van der Waals surface area contributed by atoms with Crippen molar-refractivity contribution in [1.29, 1.82) is 0 Å². The number of aromatic nitrogens is 1. The Morgan fingerprint density at radius 1 is 1.30 bits per heavy atom. The first-order chi connectivity index (χ1) is 9.47. The number of fused-ring (bicyclic) bond motifs is 1. The Morgan fingerprint density at radius 3 is 2.75 bits per heavy atom. The maximum Gasteiger partial charge on any atom is 0.218 e. The average Bonchev–Trinajstić information content (AvgIpc) is 2.65. The van der Waals surface area contributed by atoms with Crippen LogP contribution in [-0.4, -0.2) is 23.0 Å². The van der Waals surface area contributed by atoms with Crippen LogP contribution in [-0.2, 0) is 13.5 Å². The number of halogens is 1. The van der Waals surface area contributed by atoms with Gasteiger partial charge in [0.1, 0.15) is 5.82 Å². The Balaban J connectivity index is 2.18. The second kappa shape index (κ2) is 5.60. The Bertz CT molecular complexity index is 681. The number of nitrogens with zero attached hydrogens (tertiary/aromatic N) is 3. The number of aliphatic imine (C=N–C) groups is 2. The lowest BCUT2D eigenvalue weighted by Crippen LogP contribution is -2.26. The minimum Gasteiger partial charge on any atom is -0.370 e. The van der Waals surface area contributed by atoms with E-state index in [1.165, 1.54) is 12.1 Å². The van der Waals surface area contributed by atoms with Crippen LogP contribution in [0, 0.1) is 5.82 Å². The van der Waals surface area contributed by atoms with Crippen molar-refractivity contribution in [3.05, 3.63) is 35.8 Å². The van der Waals surface area contributed by atoms with Crippen LogP contribution in [0.1, 0.15) is 5.56 Å². The maximum absolute atomic E-state index is 13.3. The second-order valence-electron chi connectivity index (χ2n) is 4.45. The van der Waals surface area contributed by atoms with Crippen LogP contribution < -0.4 is 17.2 Å². The number of hydrogen-bond acceptors (Lipinski definition) is 1. The molecule has 2 aromatic rings. The minimum absolute atomic E-state index is 0.0383. The molecule has 0 bridgehead atoms. The van der Waals surface area contributed by atoms with Crippen LogP contribution in [0.5, 0.6) is 0 Å². The minimum atomic E-state index is -0.256. The number of hydrogen-bond donors (Lipinski definition) is 3. The van der Waals surface area contributed by atoms with E-state index in [1.54, 1.807) is 6.07 Å². The normalized spacial score (nSPS) is 11.8. The summed E-state index contributed by atoms with van der Waals surface area (Å²) in [7, 11) is 1.92. The van der Waals surface area contributed by atoms with Gasteiger partial charge < -0.3 is 21.8 Å². The van der Waals surface area contributed by atoms with E-state index in [2.05, 4.69) is 9.98 Å². The van der Waals surface area contributed by atoms with Crippen molar-refractivity contribution in [3.63, 3.8) is 0 Å². The standard InChI is InChI=1S/C13H17FN6/c1-20-7-8(4-5-18-13(17)19-12(15)16)10-6-9(14)2-3-11(10)20/h2-3,6-7H,4-5H2,1H3,(H6,15,16,17,18,19). The van der Waals surface area contributed by atoms with Crippen LogP contribution in [0.15, 0.2) is 34.4 Å². The van der Waals surface area contributed by atoms with Gasteiger partial charge >= 0.3 is 0 Å². The zero-order valence-corrected chi connectivity index (χ0v) is 11.2. The van der Waals surface area contributed by atoms with E-state index < -0.39 is 0 Å². The monoisotopic (exact) mass is 276 g/mol. The number of rotatable bonds is 3. The van der Waals surface area contributed by atoms with Gasteiger partial charge in [-0.2, -0.15) is 4.99 Å². The molecule has 7 heteroatoms. The van der Waals surface area contributed by atoms with Crippen molar-refractivity contribution >= 4 is 22.8 Å². The molecular formula is C13H17FN6. The molecule has 20 heavy (non-hydrogen) atoms. The largest absolute Gasteiger partial charge is 0.370 e. The summed E-state index contributed by atoms with van der Waals surface area (Å²) in [6, 6.07) is 4.72. The molecule has 106 valence electrons. The summed E-state index contributed by atoms with van der Waals surface area (Å²) in [5, 5.41) is 0.878. The molecular weight excluding hydrogens is 259 g/mol. The Hall–Kier alpha value is -2.57. The van der Waals surface area contributed by atoms with Gasteiger partial charge in [0.05, 0.1) is 0 Å². The molecule has 0 aliphatic carbocycles. The Labute approximate surface area is 115 Å². The number of benzene rings is 1. The molecule has 0 unspecified atom stereocenters. The predicted molar refractivity (Wildman–Crippen MR) is 78.9 cm³/mol. The quantitative estimate of drug-likeness (QED) is 0.559. The van der Waals surface area contributed by atoms with Crippen molar-refractivity contribution in [2.24, 2.45) is 34.2 Å². The fourth-order valence-corrected chi connectivity index (χ4v) is 2.10. The van der Waals surface area contributed by atoms with Crippen LogP contribution >= 0.6 is 0 Å². The van der Waals surface area contributed by atoms with Gasteiger partial charge in [-0.1, -0.05) is 0 Å². The third-order valence-electron chi connectivity index (χ3n) is 2.93. The number of guanidine groups is 2. The van der Waals surface area contributed by atoms with Gasteiger partial charge in [-0.25, -0.2) is 4.39 Å². The SMILES string of the molecule is Cn1cc(CCN=C(N)N=C(N)N)c2cc(F)ccc21. The molecule has 0 spiro atoms. The summed E-state index contributed by atoms with van der Waals surface area (Å²) < 4.78 is 15.3. The molecule has 0 amide bonds. The average molecular weight is 276 g/mol. The van der Waals surface area contributed by atoms with Gasteiger partial charge in [-0.15, -0.1) is 0 Å². The van der Waals surface area contributed by atoms with Crippen LogP contribution in [0.3, 0.4) is 0 Å². The molecule has 6 N–H and O–H groups in total. The smallest absolute Gasteiger partial charge is 0.218 e. The van der Waals surface area contributed by atoms with Gasteiger partial charge in [0, 0.05) is 30.7 Å². The van der Waals surface area contributed by atoms with E-state index in [1.807, 2.05) is 17.8 Å². The Morgan fingerprint density at radius 2 is 2.05 bits per heavy atom. The zero-order valence-electron chi connectivity index (χ0n) is 11.2.